The molecule has 16 atom stereocenters. The first-order valence-electron chi connectivity index (χ1n) is 30.6. The second kappa shape index (κ2) is 26.7. The number of anilines is 1. The van der Waals surface area contributed by atoms with Crippen molar-refractivity contribution in [3.8, 4) is 0 Å². The number of aromatic amines is 1. The highest BCUT2D eigenvalue weighted by molar-refractivity contribution is 7.61. The number of rotatable bonds is 28. The van der Waals surface area contributed by atoms with Crippen molar-refractivity contribution in [2.45, 2.75) is 175 Å². The number of carbonyl (C=O) groups is 7. The number of nitrogen functional groups attached to an aromatic ring is 1. The van der Waals surface area contributed by atoms with Crippen molar-refractivity contribution in [3.63, 3.8) is 0 Å². The molecule has 8 rings (SSSR count). The van der Waals surface area contributed by atoms with Crippen molar-refractivity contribution in [2.24, 2.45) is 94.7 Å². The lowest BCUT2D eigenvalue weighted by atomic mass is 9.55. The zero-order valence-electron chi connectivity index (χ0n) is 53.7. The van der Waals surface area contributed by atoms with E-state index in [1.54, 1.807) is 34.6 Å². The maximum absolute atomic E-state index is 14.3. The highest BCUT2D eigenvalue weighted by atomic mass is 31.3. The Morgan fingerprint density at radius 2 is 1.40 bits per heavy atom. The maximum Gasteiger partial charge on any atom is 0.481 e. The van der Waals surface area contributed by atoms with Gasteiger partial charge in [0, 0.05) is 131 Å². The number of aromatic nitrogens is 4. The number of phosphoric acid groups is 2. The van der Waals surface area contributed by atoms with Crippen molar-refractivity contribution >= 4 is 91.2 Å². The quantitative estimate of drug-likeness (QED) is 0.0510. The zero-order chi connectivity index (χ0) is 69.9. The third kappa shape index (κ3) is 14.1. The summed E-state index contributed by atoms with van der Waals surface area (Å²) < 4.78 is 47.7. The molecule has 2 saturated heterocycles. The van der Waals surface area contributed by atoms with E-state index in [4.69, 9.17) is 68.9 Å². The number of hydrogen-bond donors (Lipinski definition) is 14. The van der Waals surface area contributed by atoms with Crippen LogP contribution in [0.15, 0.2) is 60.4 Å². The molecule has 0 saturated carbocycles. The summed E-state index contributed by atoms with van der Waals surface area (Å²) in [6.07, 6.45) is -6.50. The van der Waals surface area contributed by atoms with Gasteiger partial charge in [0.05, 0.1) is 30.6 Å². The van der Waals surface area contributed by atoms with Crippen molar-refractivity contribution in [3.05, 3.63) is 51.0 Å². The Morgan fingerprint density at radius 3 is 2.00 bits per heavy atom. The van der Waals surface area contributed by atoms with Gasteiger partial charge in [-0.2, -0.15) is 9.29 Å². The van der Waals surface area contributed by atoms with Gasteiger partial charge in [-0.1, -0.05) is 34.6 Å². The van der Waals surface area contributed by atoms with Crippen LogP contribution >= 0.6 is 15.6 Å². The summed E-state index contributed by atoms with van der Waals surface area (Å²) in [6, 6.07) is -1.10. The number of hydrogen-bond acceptors (Lipinski definition) is 23. The topological polar surface area (TPSA) is 578 Å². The Balaban J connectivity index is 1.13. The van der Waals surface area contributed by atoms with Crippen LogP contribution in [0.1, 0.15) is 139 Å². The molecule has 6 aliphatic rings. The number of ether oxygens (including phenoxy) is 1. The lowest BCUT2D eigenvalue weighted by molar-refractivity contribution is -0.124. The van der Waals surface area contributed by atoms with Gasteiger partial charge in [0.2, 0.25) is 47.3 Å². The second-order valence-electron chi connectivity index (χ2n) is 26.9. The van der Waals surface area contributed by atoms with Crippen molar-refractivity contribution in [1.82, 2.24) is 30.2 Å². The van der Waals surface area contributed by atoms with Gasteiger partial charge >= 0.3 is 15.6 Å². The van der Waals surface area contributed by atoms with E-state index in [2.05, 4.69) is 29.9 Å². The number of amides is 7. The second-order valence-corrected chi connectivity index (χ2v) is 29.9. The predicted octanol–water partition coefficient (Wildman–Crippen LogP) is 0.329. The number of nitrogens with two attached hydrogens (primary N) is 7. The SMILES string of the molecule is CC1=C2N=C(C=C3N/C(=C(/C)C4=N[C@@](C)([C@@H]5N=C1[C@](C)(CCC(=O)NC[C@@H](C)OP(=O)(O)OP(=O)(O)OC[C@H]1O[C@@H](n6cnc7c(=O)[nH]c(N)nc76)[C@H](O)[C@@H]1O)[C@H]5CC(N)=O)[C@@](C)(CC(N)=O)[C@@H]4CCC(N)=O)[C@@](C)(CC(N)=O)[C@@H]3CCC(N)=O)C(C)(C)[C@@H]2CCC(N)=O. The number of imidazole rings is 1. The van der Waals surface area contributed by atoms with Gasteiger partial charge in [-0.3, -0.25) is 71.9 Å². The fourth-order valence-corrected chi connectivity index (χ4v) is 17.4. The fraction of sp³-hybridized carbons (Fsp3) is 0.638. The third-order valence-corrected chi connectivity index (χ3v) is 22.8. The molecule has 0 spiro atoms. The molecule has 2 aromatic heterocycles. The van der Waals surface area contributed by atoms with Gasteiger partial charge in [0.1, 0.15) is 18.3 Å². The summed E-state index contributed by atoms with van der Waals surface area (Å²) in [7, 11) is -11.1. The average molecular weight is 1360 g/mol. The number of fused-ring (bicyclic) bond motifs is 7. The first-order chi connectivity index (χ1) is 43.5. The van der Waals surface area contributed by atoms with Gasteiger partial charge in [0.15, 0.2) is 17.4 Å². The molecule has 7 amide bonds. The summed E-state index contributed by atoms with van der Waals surface area (Å²) in [5.74, 6) is -7.99. The van der Waals surface area contributed by atoms with Gasteiger partial charge in [-0.25, -0.2) is 14.1 Å². The van der Waals surface area contributed by atoms with E-state index in [9.17, 15) is 67.5 Å². The summed E-state index contributed by atoms with van der Waals surface area (Å²) in [5.41, 5.74) is 38.1. The molecule has 94 heavy (non-hydrogen) atoms. The van der Waals surface area contributed by atoms with Crippen LogP contribution in [0, 0.1) is 45.3 Å². The smallest absolute Gasteiger partial charge is 0.387 e. The number of aliphatic hydroxyl groups excluding tert-OH is 2. The van der Waals surface area contributed by atoms with Gasteiger partial charge in [-0.05, 0) is 70.6 Å². The number of primary amides is 6. The fourth-order valence-electron chi connectivity index (χ4n) is 15.1. The molecular formula is C58H86N16O18P2. The van der Waals surface area contributed by atoms with Crippen LogP contribution in [0.25, 0.3) is 11.2 Å². The standard InChI is InChI=1S/C58H86N16O18P2/c1-25(91-94(87,88)92-93(85,86)89-23-33-45(82)46(83)52(90-33)74-24-67-44-50(74)71-53(65)72-51(44)84)22-66-41(81)16-17-55(6)31(18-38(62)78)49-58(9)57(8,21-40(64)80)30(12-15-37(61)77)43(73-58)27(3)48-56(7,20-39(63)79)28(10-13-35(59)75)32(68-48)19-34-54(4,5)29(11-14-36(60)76)42(69-34)26(2)47(55)70-49/h19,24-25,28-31,33,45-46,49,52,68,82-83H,10-18,20-23H2,1-9H3,(H2,59,75)(H2,60,76)(H2,61,77)(H2,62,78)(H2,63,79)(H2,64,80)(H,66,81)(H,85,86)(H,87,88)(H3,65,71,72,84)/b32-19?,42-26?,48-27-/t25-,28-,29-,30-,31+,33-,45-,46-,49-,52-,55-,56+,57+,58+/m1/s1. The molecule has 516 valence electrons. The van der Waals surface area contributed by atoms with Crippen molar-refractivity contribution in [2.75, 3.05) is 18.9 Å². The number of H-pyrrole nitrogens is 1. The maximum atomic E-state index is 14.3. The van der Waals surface area contributed by atoms with Crippen LogP contribution in [-0.4, -0.2) is 147 Å². The largest absolute Gasteiger partial charge is 0.481 e. The lowest BCUT2D eigenvalue weighted by Gasteiger charge is -2.48. The monoisotopic (exact) mass is 1360 g/mol. The van der Waals surface area contributed by atoms with Gasteiger partial charge in [0.25, 0.3) is 5.56 Å². The number of aliphatic imine (C=N–C) groups is 3. The van der Waals surface area contributed by atoms with E-state index in [0.29, 0.717) is 45.4 Å². The molecule has 0 aliphatic carbocycles. The first kappa shape index (κ1) is 72.4. The van der Waals surface area contributed by atoms with E-state index in [1.807, 2.05) is 26.8 Å². The lowest BCUT2D eigenvalue weighted by Crippen LogP contribution is -2.56. The number of nitrogens with one attached hydrogen (secondary N) is 3. The molecule has 2 fully saturated rings. The highest BCUT2D eigenvalue weighted by Gasteiger charge is 2.66. The molecule has 34 nitrogen and oxygen atoms in total. The Labute approximate surface area is 540 Å². The minimum atomic E-state index is -5.56. The Morgan fingerprint density at radius 1 is 0.798 bits per heavy atom. The van der Waals surface area contributed by atoms with E-state index < -0.39 is 163 Å². The highest BCUT2D eigenvalue weighted by Crippen LogP contribution is 2.64. The molecule has 6 aliphatic heterocycles. The van der Waals surface area contributed by atoms with Crippen LogP contribution in [-0.2, 0) is 60.8 Å². The van der Waals surface area contributed by atoms with E-state index in [1.165, 1.54) is 6.92 Å². The number of allylic oxidation sites excluding steroid dienone is 6. The minimum absolute atomic E-state index is 0.0310. The summed E-state index contributed by atoms with van der Waals surface area (Å²) >= 11 is 0. The van der Waals surface area contributed by atoms with E-state index >= 15 is 0 Å². The van der Waals surface area contributed by atoms with Crippen LogP contribution in [0.5, 0.6) is 0 Å². The van der Waals surface area contributed by atoms with E-state index in [-0.39, 0.29) is 87.7 Å². The number of phosphoric ester groups is 2. The zero-order valence-corrected chi connectivity index (χ0v) is 55.5. The third-order valence-electron chi connectivity index (χ3n) is 20.1. The van der Waals surface area contributed by atoms with Crippen LogP contribution in [0.3, 0.4) is 0 Å². The molecule has 2 aromatic rings. The van der Waals surface area contributed by atoms with E-state index in [0.717, 1.165) is 10.9 Å². The summed E-state index contributed by atoms with van der Waals surface area (Å²) in [6.45, 7) is 14.4. The normalized spacial score (nSPS) is 32.6. The van der Waals surface area contributed by atoms with Gasteiger partial charge in [-0.15, -0.1) is 0 Å². The average Bonchev–Trinajstić information content (AvgIpc) is 1.53. The number of carbonyl (C=O) groups excluding carboxylic acids is 7. The van der Waals surface area contributed by atoms with Crippen molar-refractivity contribution < 1.29 is 80.8 Å². The molecule has 8 heterocycles. The minimum Gasteiger partial charge on any atom is -0.387 e. The van der Waals surface area contributed by atoms with Crippen LogP contribution in [0.4, 0.5) is 5.95 Å². The molecular weight excluding hydrogens is 1270 g/mol. The molecule has 36 heteroatoms. The molecule has 0 aromatic carbocycles. The summed E-state index contributed by atoms with van der Waals surface area (Å²) in [4.78, 5) is 154. The van der Waals surface area contributed by atoms with Crippen LogP contribution in [0.2, 0.25) is 0 Å². The van der Waals surface area contributed by atoms with Crippen molar-refractivity contribution in [1.29, 1.82) is 0 Å². The number of aliphatic hydroxyl groups is 2. The molecule has 0 radical (unpaired) electrons. The Kier molecular flexibility index (Phi) is 20.5. The first-order valence-corrected chi connectivity index (χ1v) is 33.6. The number of nitrogens with zero attached hydrogens (tertiary/aromatic N) is 6. The molecule has 8 bridgehead atoms. The van der Waals surface area contributed by atoms with Crippen LogP contribution < -0.4 is 56.3 Å². The molecule has 2 unspecified atom stereocenters. The molecule has 21 N–H and O–H groups in total. The Hall–Kier alpha value is -7.39. The predicted molar refractivity (Wildman–Crippen MR) is 338 cm³/mol. The summed E-state index contributed by atoms with van der Waals surface area (Å²) in [5, 5.41) is 27.8. The van der Waals surface area contributed by atoms with Gasteiger partial charge < -0.3 is 75.5 Å². The Bertz CT molecular complexity index is 3820.